The molecule has 40 heavy (non-hydrogen) atoms. The number of pyridine rings is 1. The zero-order valence-corrected chi connectivity index (χ0v) is 24.4. The van der Waals surface area contributed by atoms with Crippen molar-refractivity contribution in [1.82, 2.24) is 24.6 Å². The Balaban J connectivity index is 1.42. The lowest BCUT2D eigenvalue weighted by atomic mass is 10.1. The second-order valence-corrected chi connectivity index (χ2v) is 12.2. The monoisotopic (exact) mass is 562 g/mol. The molecule has 10 heteroatoms. The van der Waals surface area contributed by atoms with Gasteiger partial charge in [0.2, 0.25) is 0 Å². The number of nitrogens with zero attached hydrogens (tertiary/aromatic N) is 3. The Bertz CT molecular complexity index is 1580. The Hall–Kier alpha value is -3.76. The fraction of sp³-hybridized carbons (Fsp3) is 0.367. The summed E-state index contributed by atoms with van der Waals surface area (Å²) >= 11 is 0. The minimum atomic E-state index is -3.97. The maximum atomic E-state index is 12.5. The second-order valence-electron chi connectivity index (χ2n) is 10.5. The lowest BCUT2D eigenvalue weighted by molar-refractivity contribution is 0.246. The van der Waals surface area contributed by atoms with Gasteiger partial charge in [0.25, 0.3) is 10.0 Å². The predicted molar refractivity (Wildman–Crippen MR) is 158 cm³/mol. The molecule has 0 aliphatic carbocycles. The molecular weight excluding hydrogens is 524 g/mol. The van der Waals surface area contributed by atoms with Crippen LogP contribution in [-0.2, 0) is 29.4 Å². The summed E-state index contributed by atoms with van der Waals surface area (Å²) < 4.78 is 29.1. The van der Waals surface area contributed by atoms with Crippen molar-refractivity contribution < 1.29 is 13.2 Å². The number of urea groups is 1. The molecule has 2 heterocycles. The van der Waals surface area contributed by atoms with Crippen molar-refractivity contribution in [2.45, 2.75) is 64.8 Å². The first-order valence-electron chi connectivity index (χ1n) is 13.6. The van der Waals surface area contributed by atoms with E-state index in [9.17, 15) is 13.2 Å². The minimum absolute atomic E-state index is 0.00548. The first-order chi connectivity index (χ1) is 19.1. The van der Waals surface area contributed by atoms with Crippen LogP contribution < -0.4 is 15.8 Å². The van der Waals surface area contributed by atoms with Gasteiger partial charge in [0.05, 0.1) is 4.90 Å². The maximum Gasteiger partial charge on any atom is 0.328 e. The van der Waals surface area contributed by atoms with Gasteiger partial charge in [-0.25, -0.2) is 27.9 Å². The molecule has 0 unspecified atom stereocenters. The third kappa shape index (κ3) is 7.05. The van der Waals surface area contributed by atoms with Gasteiger partial charge in [-0.15, -0.1) is 0 Å². The summed E-state index contributed by atoms with van der Waals surface area (Å²) in [6.07, 6.45) is 3.60. The second kappa shape index (κ2) is 12.6. The first kappa shape index (κ1) is 29.2. The molecule has 0 radical (unpaired) electrons. The van der Waals surface area contributed by atoms with Gasteiger partial charge in [-0.2, -0.15) is 0 Å². The number of carbonyl (C=O) groups is 1. The molecule has 0 atom stereocenters. The highest BCUT2D eigenvalue weighted by atomic mass is 32.2. The van der Waals surface area contributed by atoms with Crippen molar-refractivity contribution >= 4 is 27.2 Å². The van der Waals surface area contributed by atoms with Crippen molar-refractivity contribution in [3.63, 3.8) is 0 Å². The molecule has 2 aromatic heterocycles. The third-order valence-electron chi connectivity index (χ3n) is 6.78. The zero-order chi connectivity index (χ0) is 28.9. The van der Waals surface area contributed by atoms with Crippen LogP contribution in [0.2, 0.25) is 0 Å². The molecule has 0 spiro atoms. The summed E-state index contributed by atoms with van der Waals surface area (Å²) in [6.45, 7) is 9.12. The molecular formula is C30H38N6O3S. The van der Waals surface area contributed by atoms with Crippen LogP contribution in [-0.4, -0.2) is 35.5 Å². The average Bonchev–Trinajstić information content (AvgIpc) is 3.27. The number of aryl methyl sites for hydroxylation is 3. The number of sulfonamides is 1. The van der Waals surface area contributed by atoms with E-state index >= 15 is 0 Å². The van der Waals surface area contributed by atoms with Gasteiger partial charge >= 0.3 is 6.03 Å². The SMILES string of the molecule is Cc1cc(C)c2nc(CCCC(C)C)n(-c3ccc(CCNC(=O)NS(=O)(=O)c4ccc(CN)cc4)cc3)c2n1. The van der Waals surface area contributed by atoms with Crippen LogP contribution >= 0.6 is 0 Å². The summed E-state index contributed by atoms with van der Waals surface area (Å²) in [7, 11) is -3.97. The van der Waals surface area contributed by atoms with Crippen LogP contribution in [0.5, 0.6) is 0 Å². The van der Waals surface area contributed by atoms with E-state index in [1.165, 1.54) is 12.1 Å². The Morgan fingerprint density at radius 3 is 2.30 bits per heavy atom. The van der Waals surface area contributed by atoms with Crippen LogP contribution in [0.3, 0.4) is 0 Å². The highest BCUT2D eigenvalue weighted by molar-refractivity contribution is 7.90. The molecule has 4 rings (SSSR count). The van der Waals surface area contributed by atoms with E-state index < -0.39 is 16.1 Å². The molecule has 2 amide bonds. The predicted octanol–water partition coefficient (Wildman–Crippen LogP) is 4.71. The third-order valence-corrected chi connectivity index (χ3v) is 8.12. The summed E-state index contributed by atoms with van der Waals surface area (Å²) in [5.41, 5.74) is 12.2. The molecule has 4 N–H and O–H groups in total. The fourth-order valence-electron chi connectivity index (χ4n) is 4.67. The number of hydrogen-bond donors (Lipinski definition) is 3. The van der Waals surface area contributed by atoms with Gasteiger partial charge in [-0.05, 0) is 79.6 Å². The van der Waals surface area contributed by atoms with Crippen LogP contribution in [0.4, 0.5) is 4.79 Å². The van der Waals surface area contributed by atoms with Crippen LogP contribution in [0, 0.1) is 19.8 Å². The molecule has 212 valence electrons. The molecule has 0 bridgehead atoms. The quantitative estimate of drug-likeness (QED) is 0.243. The van der Waals surface area contributed by atoms with E-state index in [0.29, 0.717) is 18.9 Å². The van der Waals surface area contributed by atoms with Crippen LogP contribution in [0.25, 0.3) is 16.9 Å². The molecule has 9 nitrogen and oxygen atoms in total. The van der Waals surface area contributed by atoms with Crippen molar-refractivity contribution in [1.29, 1.82) is 0 Å². The molecule has 2 aromatic carbocycles. The highest BCUT2D eigenvalue weighted by Gasteiger charge is 2.18. The highest BCUT2D eigenvalue weighted by Crippen LogP contribution is 2.25. The number of rotatable bonds is 11. The van der Waals surface area contributed by atoms with Crippen molar-refractivity contribution in [2.24, 2.45) is 11.7 Å². The van der Waals surface area contributed by atoms with Gasteiger partial charge < -0.3 is 11.1 Å². The molecule has 0 fully saturated rings. The fourth-order valence-corrected chi connectivity index (χ4v) is 5.60. The van der Waals surface area contributed by atoms with Crippen molar-refractivity contribution in [3.05, 3.63) is 82.8 Å². The van der Waals surface area contributed by atoms with Gasteiger partial charge in [0.15, 0.2) is 5.65 Å². The van der Waals surface area contributed by atoms with Gasteiger partial charge in [0, 0.05) is 30.9 Å². The number of hydrogen-bond acceptors (Lipinski definition) is 6. The molecule has 0 saturated carbocycles. The van der Waals surface area contributed by atoms with Gasteiger partial charge in [-0.1, -0.05) is 44.5 Å². The number of aromatic nitrogens is 3. The number of nitrogens with two attached hydrogens (primary N) is 1. The van der Waals surface area contributed by atoms with Crippen LogP contribution in [0.15, 0.2) is 59.5 Å². The topological polar surface area (TPSA) is 132 Å². The summed E-state index contributed by atoms with van der Waals surface area (Å²) in [4.78, 5) is 22.1. The summed E-state index contributed by atoms with van der Waals surface area (Å²) in [5, 5.41) is 2.63. The maximum absolute atomic E-state index is 12.5. The number of benzene rings is 2. The Labute approximate surface area is 236 Å². The number of amides is 2. The normalized spacial score (nSPS) is 11.8. The Morgan fingerprint density at radius 2 is 1.65 bits per heavy atom. The first-order valence-corrected chi connectivity index (χ1v) is 15.1. The smallest absolute Gasteiger partial charge is 0.328 e. The number of fused-ring (bicyclic) bond motifs is 1. The Kier molecular flexibility index (Phi) is 9.21. The van der Waals surface area contributed by atoms with E-state index in [0.717, 1.165) is 64.3 Å². The molecule has 4 aromatic rings. The summed E-state index contributed by atoms with van der Waals surface area (Å²) in [5.74, 6) is 1.64. The van der Waals surface area contributed by atoms with Gasteiger partial charge in [-0.3, -0.25) is 4.57 Å². The molecule has 0 aliphatic rings. The standard InChI is InChI=1S/C30H38N6O3S/c1-20(2)6-5-7-27-34-28-21(3)18-22(4)33-29(28)36(27)25-12-8-23(9-13-25)16-17-32-30(37)35-40(38,39)26-14-10-24(19-31)11-15-26/h8-15,18,20H,5-7,16-17,19,31H2,1-4H3,(H2,32,35,37). The van der Waals surface area contributed by atoms with E-state index in [4.69, 9.17) is 15.7 Å². The number of nitrogens with one attached hydrogen (secondary N) is 2. The molecule has 0 aliphatic heterocycles. The lowest BCUT2D eigenvalue weighted by Crippen LogP contribution is -2.40. The zero-order valence-electron chi connectivity index (χ0n) is 23.6. The van der Waals surface area contributed by atoms with Gasteiger partial charge in [0.1, 0.15) is 11.3 Å². The number of carbonyl (C=O) groups excluding carboxylic acids is 1. The average molecular weight is 563 g/mol. The van der Waals surface area contributed by atoms with E-state index in [2.05, 4.69) is 41.4 Å². The molecule has 0 saturated heterocycles. The Morgan fingerprint density at radius 1 is 0.975 bits per heavy atom. The van der Waals surface area contributed by atoms with Crippen molar-refractivity contribution in [3.8, 4) is 5.69 Å². The van der Waals surface area contributed by atoms with E-state index in [-0.39, 0.29) is 11.4 Å². The van der Waals surface area contributed by atoms with Crippen molar-refractivity contribution in [2.75, 3.05) is 6.54 Å². The number of imidazole rings is 1. The van der Waals surface area contributed by atoms with E-state index in [1.54, 1.807) is 12.1 Å². The largest absolute Gasteiger partial charge is 0.337 e. The lowest BCUT2D eigenvalue weighted by Gasteiger charge is -2.12. The van der Waals surface area contributed by atoms with Crippen LogP contribution in [0.1, 0.15) is 54.9 Å². The van der Waals surface area contributed by atoms with E-state index in [1.807, 2.05) is 31.2 Å². The summed E-state index contributed by atoms with van der Waals surface area (Å²) in [6, 6.07) is 15.5. The minimum Gasteiger partial charge on any atom is -0.337 e.